The van der Waals surface area contributed by atoms with Crippen molar-refractivity contribution in [2.75, 3.05) is 66.1 Å². The van der Waals surface area contributed by atoms with Crippen molar-refractivity contribution in [3.8, 4) is 46.0 Å². The number of carbonyl (C=O) groups is 2. The largest absolute Gasteiger partial charge is 0.507 e. The fourth-order valence-electron chi connectivity index (χ4n) is 7.99. The lowest BCUT2D eigenvalue weighted by Crippen LogP contribution is -2.14. The monoisotopic (exact) mass is 920 g/mol. The van der Waals surface area contributed by atoms with E-state index in [0.29, 0.717) is 71.3 Å². The first kappa shape index (κ1) is 48.4. The molecule has 6 aromatic rings. The zero-order valence-corrected chi connectivity index (χ0v) is 38.0. The second kappa shape index (κ2) is 24.8. The Labute approximate surface area is 396 Å². The number of hydrogen-bond acceptors (Lipinski definition) is 12. The van der Waals surface area contributed by atoms with Gasteiger partial charge in [0.1, 0.15) is 62.6 Å². The van der Waals surface area contributed by atoms with Gasteiger partial charge in [-0.3, -0.25) is 9.59 Å². The molecule has 0 saturated carbocycles. The Morgan fingerprint density at radius 1 is 0.382 bits per heavy atom. The Bertz CT molecular complexity index is 2400. The number of phenolic OH excluding ortho intramolecular Hbond substituents is 2. The number of fused-ring (bicyclic) bond motifs is 8. The lowest BCUT2D eigenvalue weighted by molar-refractivity contribution is 0.0751. The van der Waals surface area contributed by atoms with E-state index < -0.39 is 0 Å². The summed E-state index contributed by atoms with van der Waals surface area (Å²) < 4.78 is 48.0. The molecule has 0 radical (unpaired) electrons. The summed E-state index contributed by atoms with van der Waals surface area (Å²) in [6.07, 6.45) is 6.18. The number of hydrogen-bond donors (Lipinski definition) is 2. The summed E-state index contributed by atoms with van der Waals surface area (Å²) in [5, 5.41) is 23.7. The highest BCUT2D eigenvalue weighted by Gasteiger charge is 2.21. The molecule has 0 heterocycles. The Morgan fingerprint density at radius 3 is 1.01 bits per heavy atom. The molecule has 0 saturated heterocycles. The molecule has 6 aromatic carbocycles. The average Bonchev–Trinajstić information content (AvgIpc) is 3.35. The summed E-state index contributed by atoms with van der Waals surface area (Å²) in [5.74, 6) is 3.29. The quantitative estimate of drug-likeness (QED) is 0.0338. The van der Waals surface area contributed by atoms with Gasteiger partial charge >= 0.3 is 0 Å². The molecule has 0 atom stereocenters. The van der Waals surface area contributed by atoms with Crippen LogP contribution in [0.1, 0.15) is 65.2 Å². The van der Waals surface area contributed by atoms with Gasteiger partial charge in [-0.15, -0.1) is 0 Å². The second-order valence-corrected chi connectivity index (χ2v) is 15.8. The maximum Gasteiger partial charge on any atom is 0.172 e. The molecule has 352 valence electrons. The van der Waals surface area contributed by atoms with Gasteiger partial charge in [-0.2, -0.15) is 0 Å². The second-order valence-electron chi connectivity index (χ2n) is 15.8. The zero-order chi connectivity index (χ0) is 47.5. The molecule has 0 aromatic heterocycles. The molecule has 0 unspecified atom stereocenters. The molecule has 68 heavy (non-hydrogen) atoms. The molecule has 1 aliphatic rings. The maximum absolute atomic E-state index is 11.8. The minimum absolute atomic E-state index is 0.190. The van der Waals surface area contributed by atoms with Crippen LogP contribution in [0.2, 0.25) is 0 Å². The average molecular weight is 921 g/mol. The number of ether oxygens (including phenoxy) is 8. The highest BCUT2D eigenvalue weighted by atomic mass is 16.6. The third-order valence-corrected chi connectivity index (χ3v) is 11.2. The van der Waals surface area contributed by atoms with Gasteiger partial charge in [0.15, 0.2) is 35.6 Å². The van der Waals surface area contributed by atoms with Crippen LogP contribution < -0.4 is 28.4 Å². The standard InChI is InChI=1S/C56H56O12/c1-3-23-65-55-47(37-57)19-9-21-49(55)63-29-25-61-27-31-67-53-43-15-7-16-44(53)34-40-12-6-14-42(52(40)60)36-46-18-8-17-45(35-41-13-5-11-39(33-43)51(41)59)54(46)68-32-28-62-26-30-64-50-22-10-20-48(38-58)56(50)66-24-4-2/h3-22,37-38,59-60H,1-2,23-36H2. The van der Waals surface area contributed by atoms with Crippen LogP contribution in [-0.4, -0.2) is 88.9 Å². The summed E-state index contributed by atoms with van der Waals surface area (Å²) in [5.41, 5.74) is 7.18. The highest BCUT2D eigenvalue weighted by Crippen LogP contribution is 2.38. The molecule has 0 amide bonds. The van der Waals surface area contributed by atoms with E-state index in [4.69, 9.17) is 37.9 Å². The van der Waals surface area contributed by atoms with Crippen molar-refractivity contribution in [1.29, 1.82) is 0 Å². The number of carbonyl (C=O) groups excluding carboxylic acids is 2. The molecule has 1 aliphatic carbocycles. The predicted octanol–water partition coefficient (Wildman–Crippen LogP) is 9.48. The first-order chi connectivity index (χ1) is 33.4. The van der Waals surface area contributed by atoms with Gasteiger partial charge in [0.25, 0.3) is 0 Å². The van der Waals surface area contributed by atoms with Crippen LogP contribution in [0, 0.1) is 0 Å². The van der Waals surface area contributed by atoms with Crippen LogP contribution in [0.5, 0.6) is 46.0 Å². The van der Waals surface area contributed by atoms with Gasteiger partial charge in [-0.05, 0) is 68.8 Å². The smallest absolute Gasteiger partial charge is 0.172 e. The number of rotatable bonds is 24. The first-order valence-electron chi connectivity index (χ1n) is 22.5. The summed E-state index contributed by atoms with van der Waals surface area (Å²) in [4.78, 5) is 23.2. The van der Waals surface area contributed by atoms with Gasteiger partial charge in [0.2, 0.25) is 0 Å². The summed E-state index contributed by atoms with van der Waals surface area (Å²) >= 11 is 0. The number of benzene rings is 6. The van der Waals surface area contributed by atoms with E-state index in [1.807, 2.05) is 72.8 Å². The van der Waals surface area contributed by atoms with Gasteiger partial charge in [-0.25, -0.2) is 0 Å². The molecular weight excluding hydrogens is 865 g/mol. The van der Waals surface area contributed by atoms with Gasteiger partial charge in [-0.1, -0.05) is 110 Å². The molecule has 7 rings (SSSR count). The lowest BCUT2D eigenvalue weighted by atomic mass is 9.91. The molecule has 0 spiro atoms. The van der Waals surface area contributed by atoms with Crippen molar-refractivity contribution in [3.63, 3.8) is 0 Å². The van der Waals surface area contributed by atoms with Crippen molar-refractivity contribution in [1.82, 2.24) is 0 Å². The van der Waals surface area contributed by atoms with E-state index in [-0.39, 0.29) is 77.6 Å². The molecule has 0 aliphatic heterocycles. The summed E-state index contributed by atoms with van der Waals surface area (Å²) in [6, 6.07) is 33.7. The van der Waals surface area contributed by atoms with Crippen LogP contribution in [0.25, 0.3) is 0 Å². The van der Waals surface area contributed by atoms with Crippen molar-refractivity contribution in [2.45, 2.75) is 25.7 Å². The Morgan fingerprint density at radius 2 is 0.691 bits per heavy atom. The Hall–Kier alpha value is -7.54. The van der Waals surface area contributed by atoms with E-state index in [1.54, 1.807) is 48.6 Å². The van der Waals surface area contributed by atoms with Crippen LogP contribution in [0.15, 0.2) is 135 Å². The molecule has 12 nitrogen and oxygen atoms in total. The minimum Gasteiger partial charge on any atom is -0.507 e. The Balaban J connectivity index is 1.04. The van der Waals surface area contributed by atoms with Crippen LogP contribution >= 0.6 is 0 Å². The van der Waals surface area contributed by atoms with E-state index in [9.17, 15) is 19.8 Å². The molecule has 8 bridgehead atoms. The Kier molecular flexibility index (Phi) is 17.7. The van der Waals surface area contributed by atoms with Gasteiger partial charge in [0.05, 0.1) is 37.6 Å². The first-order valence-corrected chi connectivity index (χ1v) is 22.5. The van der Waals surface area contributed by atoms with Gasteiger partial charge < -0.3 is 48.1 Å². The fraction of sp³-hybridized carbons (Fsp3) is 0.250. The highest BCUT2D eigenvalue weighted by molar-refractivity contribution is 5.81. The SMILES string of the molecule is C=CCOc1c(C=O)cccc1OCCOCCOc1c2cccc1Cc1cccc(c1O)Cc1cccc(c1OCCOCCOc1cccc(C=O)c1OCC=C)Cc1cccc(c1O)C2. The third-order valence-electron chi connectivity index (χ3n) is 11.2. The third kappa shape index (κ3) is 12.5. The zero-order valence-electron chi connectivity index (χ0n) is 38.0. The molecule has 12 heteroatoms. The maximum atomic E-state index is 11.8. The van der Waals surface area contributed by atoms with Crippen molar-refractivity contribution in [2.24, 2.45) is 0 Å². The topological polar surface area (TPSA) is 148 Å². The van der Waals surface area contributed by atoms with Crippen molar-refractivity contribution < 1.29 is 57.7 Å². The molecule has 0 fully saturated rings. The summed E-state index contributed by atoms with van der Waals surface area (Å²) in [7, 11) is 0. The fourth-order valence-corrected chi connectivity index (χ4v) is 7.99. The minimum atomic E-state index is 0.190. The van der Waals surface area contributed by atoms with E-state index in [1.165, 1.54) is 0 Å². The van der Waals surface area contributed by atoms with E-state index in [0.717, 1.165) is 57.1 Å². The number of para-hydroxylation sites is 6. The number of aromatic hydroxyl groups is 2. The van der Waals surface area contributed by atoms with Crippen LogP contribution in [0.3, 0.4) is 0 Å². The molecular formula is C56H56O12. The van der Waals surface area contributed by atoms with Crippen LogP contribution in [-0.2, 0) is 35.2 Å². The normalized spacial score (nSPS) is 11.8. The van der Waals surface area contributed by atoms with E-state index in [2.05, 4.69) is 13.2 Å². The lowest BCUT2D eigenvalue weighted by Gasteiger charge is -2.20. The summed E-state index contributed by atoms with van der Waals surface area (Å²) in [6.45, 7) is 9.77. The van der Waals surface area contributed by atoms with Gasteiger partial charge in [0, 0.05) is 25.7 Å². The van der Waals surface area contributed by atoms with Crippen molar-refractivity contribution >= 4 is 12.6 Å². The predicted molar refractivity (Wildman–Crippen MR) is 259 cm³/mol. The number of aldehydes is 2. The van der Waals surface area contributed by atoms with E-state index >= 15 is 0 Å². The molecule has 2 N–H and O–H groups in total. The number of phenols is 2. The van der Waals surface area contributed by atoms with Crippen LogP contribution in [0.4, 0.5) is 0 Å². The van der Waals surface area contributed by atoms with Crippen molar-refractivity contribution in [3.05, 3.63) is 190 Å².